The van der Waals surface area contributed by atoms with E-state index >= 15 is 0 Å². The number of pyridine rings is 1. The highest BCUT2D eigenvalue weighted by molar-refractivity contribution is 6.29. The summed E-state index contributed by atoms with van der Waals surface area (Å²) in [6.45, 7) is 2.49. The molecule has 1 aromatic heterocycles. The van der Waals surface area contributed by atoms with Crippen LogP contribution in [0.5, 0.6) is 5.75 Å². The number of nitrogens with zero attached hydrogens (tertiary/aromatic N) is 1. The van der Waals surface area contributed by atoms with E-state index in [4.69, 9.17) is 16.3 Å². The van der Waals surface area contributed by atoms with Gasteiger partial charge in [0.15, 0.2) is 0 Å². The van der Waals surface area contributed by atoms with Gasteiger partial charge in [0.2, 0.25) is 0 Å². The van der Waals surface area contributed by atoms with Crippen LogP contribution in [0.4, 0.5) is 5.69 Å². The Bertz CT molecular complexity index is 587. The van der Waals surface area contributed by atoms with Gasteiger partial charge in [0.05, 0.1) is 6.61 Å². The molecule has 0 aliphatic heterocycles. The number of carbonyl (C=O) groups excluding carboxylic acids is 1. The lowest BCUT2D eigenvalue weighted by Gasteiger charge is -2.08. The summed E-state index contributed by atoms with van der Waals surface area (Å²) in [6.07, 6.45) is 1.49. The van der Waals surface area contributed by atoms with Crippen molar-refractivity contribution in [2.24, 2.45) is 0 Å². The first-order valence-corrected chi connectivity index (χ1v) is 6.22. The minimum absolute atomic E-state index is 0.238. The van der Waals surface area contributed by atoms with Crippen molar-refractivity contribution in [2.75, 3.05) is 11.9 Å². The van der Waals surface area contributed by atoms with Crippen LogP contribution in [0.15, 0.2) is 42.6 Å². The summed E-state index contributed by atoms with van der Waals surface area (Å²) in [5.41, 5.74) is 1.13. The van der Waals surface area contributed by atoms with Gasteiger partial charge in [-0.05, 0) is 31.2 Å². The molecule has 0 saturated heterocycles. The minimum Gasteiger partial charge on any atom is -0.494 e. The van der Waals surface area contributed by atoms with Crippen molar-refractivity contribution in [1.29, 1.82) is 0 Å². The Kier molecular flexibility index (Phi) is 4.36. The Morgan fingerprint density at radius 3 is 2.95 bits per heavy atom. The summed E-state index contributed by atoms with van der Waals surface area (Å²) in [5, 5.41) is 3.07. The van der Waals surface area contributed by atoms with E-state index in [9.17, 15) is 4.79 Å². The highest BCUT2D eigenvalue weighted by Crippen LogP contribution is 2.18. The predicted molar refractivity (Wildman–Crippen MR) is 74.8 cm³/mol. The molecular formula is C14H13ClN2O2. The highest BCUT2D eigenvalue weighted by atomic mass is 35.5. The zero-order valence-corrected chi connectivity index (χ0v) is 11.1. The molecule has 2 rings (SSSR count). The van der Waals surface area contributed by atoms with Gasteiger partial charge in [0.1, 0.15) is 10.9 Å². The number of halogens is 1. The average molecular weight is 277 g/mol. The molecule has 1 aromatic carbocycles. The number of hydrogen-bond donors (Lipinski definition) is 1. The molecule has 2 aromatic rings. The average Bonchev–Trinajstić information content (AvgIpc) is 2.39. The van der Waals surface area contributed by atoms with Gasteiger partial charge in [-0.15, -0.1) is 0 Å². The van der Waals surface area contributed by atoms with Gasteiger partial charge in [-0.1, -0.05) is 17.7 Å². The monoisotopic (exact) mass is 276 g/mol. The maximum Gasteiger partial charge on any atom is 0.255 e. The Hall–Kier alpha value is -2.07. The van der Waals surface area contributed by atoms with Crippen LogP contribution in [0.1, 0.15) is 17.3 Å². The number of anilines is 1. The standard InChI is InChI=1S/C14H13ClN2O2/c1-2-19-12-5-3-4-11(9-12)17-14(18)10-6-7-16-13(15)8-10/h3-9H,2H2,1H3,(H,17,18). The van der Waals surface area contributed by atoms with Crippen molar-refractivity contribution in [1.82, 2.24) is 4.98 Å². The van der Waals surface area contributed by atoms with Gasteiger partial charge >= 0.3 is 0 Å². The smallest absolute Gasteiger partial charge is 0.255 e. The number of aromatic nitrogens is 1. The topological polar surface area (TPSA) is 51.2 Å². The van der Waals surface area contributed by atoms with Gasteiger partial charge in [0, 0.05) is 23.5 Å². The molecule has 0 aliphatic rings. The van der Waals surface area contributed by atoms with Gasteiger partial charge in [-0.3, -0.25) is 4.79 Å². The fourth-order valence-electron chi connectivity index (χ4n) is 1.58. The van der Waals surface area contributed by atoms with Crippen molar-refractivity contribution >= 4 is 23.2 Å². The number of benzene rings is 1. The van der Waals surface area contributed by atoms with Gasteiger partial charge in [-0.25, -0.2) is 4.98 Å². The second kappa shape index (κ2) is 6.20. The van der Waals surface area contributed by atoms with Gasteiger partial charge < -0.3 is 10.1 Å². The molecule has 1 heterocycles. The molecule has 5 heteroatoms. The first-order valence-electron chi connectivity index (χ1n) is 5.85. The SMILES string of the molecule is CCOc1cccc(NC(=O)c2ccnc(Cl)c2)c1. The van der Waals surface area contributed by atoms with Gasteiger partial charge in [0.25, 0.3) is 5.91 Å². The van der Waals surface area contributed by atoms with E-state index in [1.165, 1.54) is 12.3 Å². The summed E-state index contributed by atoms with van der Waals surface area (Å²) in [5.74, 6) is 0.478. The van der Waals surface area contributed by atoms with Gasteiger partial charge in [-0.2, -0.15) is 0 Å². The van der Waals surface area contributed by atoms with Crippen molar-refractivity contribution in [3.05, 3.63) is 53.3 Å². The number of nitrogens with one attached hydrogen (secondary N) is 1. The normalized spacial score (nSPS) is 10.0. The molecule has 0 radical (unpaired) electrons. The quantitative estimate of drug-likeness (QED) is 0.871. The fraction of sp³-hybridized carbons (Fsp3) is 0.143. The van der Waals surface area contributed by atoms with Crippen LogP contribution >= 0.6 is 11.6 Å². The number of ether oxygens (including phenoxy) is 1. The lowest BCUT2D eigenvalue weighted by molar-refractivity contribution is 0.102. The number of carbonyl (C=O) groups is 1. The molecule has 98 valence electrons. The highest BCUT2D eigenvalue weighted by Gasteiger charge is 2.07. The van der Waals surface area contributed by atoms with E-state index in [0.29, 0.717) is 23.6 Å². The van der Waals surface area contributed by atoms with Crippen LogP contribution in [0, 0.1) is 0 Å². The van der Waals surface area contributed by atoms with E-state index in [1.54, 1.807) is 18.2 Å². The molecule has 0 unspecified atom stereocenters. The van der Waals surface area contributed by atoms with Crippen molar-refractivity contribution < 1.29 is 9.53 Å². The zero-order valence-electron chi connectivity index (χ0n) is 10.4. The van der Waals surface area contributed by atoms with Crippen molar-refractivity contribution in [2.45, 2.75) is 6.92 Å². The first kappa shape index (κ1) is 13.4. The number of amides is 1. The molecule has 1 N–H and O–H groups in total. The second-order valence-electron chi connectivity index (χ2n) is 3.78. The molecule has 0 spiro atoms. The third-order valence-electron chi connectivity index (χ3n) is 2.39. The summed E-state index contributed by atoms with van der Waals surface area (Å²) in [4.78, 5) is 15.8. The van der Waals surface area contributed by atoms with E-state index in [-0.39, 0.29) is 11.1 Å². The molecule has 0 aliphatic carbocycles. The summed E-state index contributed by atoms with van der Waals surface area (Å²) >= 11 is 5.75. The Morgan fingerprint density at radius 1 is 1.37 bits per heavy atom. The molecule has 1 amide bonds. The zero-order chi connectivity index (χ0) is 13.7. The van der Waals surface area contributed by atoms with Crippen molar-refractivity contribution in [3.63, 3.8) is 0 Å². The van der Waals surface area contributed by atoms with Crippen LogP contribution < -0.4 is 10.1 Å². The minimum atomic E-state index is -0.238. The Morgan fingerprint density at radius 2 is 2.21 bits per heavy atom. The van der Waals surface area contributed by atoms with Crippen LogP contribution in [-0.2, 0) is 0 Å². The number of hydrogen-bond acceptors (Lipinski definition) is 3. The summed E-state index contributed by atoms with van der Waals surface area (Å²) in [6, 6.07) is 10.3. The van der Waals surface area contributed by atoms with Crippen LogP contribution in [0.3, 0.4) is 0 Å². The third kappa shape index (κ3) is 3.69. The Balaban J connectivity index is 2.12. The molecule has 0 saturated carbocycles. The number of rotatable bonds is 4. The molecule has 19 heavy (non-hydrogen) atoms. The van der Waals surface area contributed by atoms with Crippen LogP contribution in [0.25, 0.3) is 0 Å². The molecule has 0 fully saturated rings. The second-order valence-corrected chi connectivity index (χ2v) is 4.17. The molecule has 4 nitrogen and oxygen atoms in total. The molecule has 0 atom stereocenters. The lowest BCUT2D eigenvalue weighted by atomic mass is 10.2. The fourth-order valence-corrected chi connectivity index (χ4v) is 1.75. The molecule has 0 bridgehead atoms. The first-order chi connectivity index (χ1) is 9.19. The van der Waals surface area contributed by atoms with E-state index in [2.05, 4.69) is 10.3 Å². The summed E-state index contributed by atoms with van der Waals surface area (Å²) < 4.78 is 5.37. The predicted octanol–water partition coefficient (Wildman–Crippen LogP) is 3.39. The summed E-state index contributed by atoms with van der Waals surface area (Å²) in [7, 11) is 0. The van der Waals surface area contributed by atoms with Crippen LogP contribution in [0.2, 0.25) is 5.15 Å². The Labute approximate surface area is 116 Å². The molecular weight excluding hydrogens is 264 g/mol. The van der Waals surface area contributed by atoms with E-state index in [0.717, 1.165) is 0 Å². The van der Waals surface area contributed by atoms with E-state index in [1.807, 2.05) is 19.1 Å². The lowest BCUT2D eigenvalue weighted by Crippen LogP contribution is -2.12. The van der Waals surface area contributed by atoms with E-state index < -0.39 is 0 Å². The largest absolute Gasteiger partial charge is 0.494 e. The third-order valence-corrected chi connectivity index (χ3v) is 2.60. The maximum atomic E-state index is 12.0. The van der Waals surface area contributed by atoms with Crippen LogP contribution in [-0.4, -0.2) is 17.5 Å². The van der Waals surface area contributed by atoms with Crippen molar-refractivity contribution in [3.8, 4) is 5.75 Å². The maximum absolute atomic E-state index is 12.0.